The van der Waals surface area contributed by atoms with E-state index in [9.17, 15) is 8.42 Å². The second-order valence-corrected chi connectivity index (χ2v) is 5.86. The second-order valence-electron chi connectivity index (χ2n) is 3.38. The van der Waals surface area contributed by atoms with Gasteiger partial charge in [0.2, 0.25) is 11.9 Å². The van der Waals surface area contributed by atoms with Crippen molar-refractivity contribution in [2.75, 3.05) is 42.8 Å². The number of sulfone groups is 1. The van der Waals surface area contributed by atoms with Crippen LogP contribution in [0.1, 0.15) is 6.92 Å². The number of ether oxygens (including phenoxy) is 1. The lowest BCUT2D eigenvalue weighted by atomic mass is 10.7. The third-order valence-corrected chi connectivity index (χ3v) is 3.86. The molecule has 102 valence electrons. The van der Waals surface area contributed by atoms with Crippen molar-refractivity contribution in [3.8, 4) is 6.01 Å². The molecule has 18 heavy (non-hydrogen) atoms. The molecule has 0 saturated heterocycles. The maximum absolute atomic E-state index is 11.3. The van der Waals surface area contributed by atoms with Crippen LogP contribution in [0, 0.1) is 0 Å². The predicted molar refractivity (Wildman–Crippen MR) is 68.7 cm³/mol. The van der Waals surface area contributed by atoms with Gasteiger partial charge in [0.25, 0.3) is 0 Å². The first-order valence-corrected chi connectivity index (χ1v) is 7.25. The number of nitrogens with zero attached hydrogens (tertiary/aromatic N) is 3. The minimum Gasteiger partial charge on any atom is -0.467 e. The van der Waals surface area contributed by atoms with Gasteiger partial charge < -0.3 is 15.4 Å². The summed E-state index contributed by atoms with van der Waals surface area (Å²) in [5, 5.41) is 5.58. The van der Waals surface area contributed by atoms with Crippen LogP contribution < -0.4 is 15.4 Å². The third-order valence-electron chi connectivity index (χ3n) is 2.16. The Morgan fingerprint density at radius 2 is 1.89 bits per heavy atom. The van der Waals surface area contributed by atoms with E-state index in [2.05, 4.69) is 25.6 Å². The summed E-state index contributed by atoms with van der Waals surface area (Å²) in [6, 6.07) is 0.162. The van der Waals surface area contributed by atoms with Crippen molar-refractivity contribution >= 4 is 21.7 Å². The molecule has 0 aliphatic heterocycles. The fourth-order valence-corrected chi connectivity index (χ4v) is 1.80. The Labute approximate surface area is 106 Å². The first kappa shape index (κ1) is 14.4. The Morgan fingerprint density at radius 1 is 1.22 bits per heavy atom. The Kier molecular flexibility index (Phi) is 5.08. The molecule has 0 amide bonds. The molecule has 0 fully saturated rings. The van der Waals surface area contributed by atoms with Crippen LogP contribution in [0.3, 0.4) is 0 Å². The van der Waals surface area contributed by atoms with Gasteiger partial charge in [-0.25, -0.2) is 8.42 Å². The number of nitrogens with one attached hydrogen (secondary N) is 2. The van der Waals surface area contributed by atoms with Crippen LogP contribution >= 0.6 is 0 Å². The van der Waals surface area contributed by atoms with Crippen molar-refractivity contribution in [1.29, 1.82) is 0 Å². The largest absolute Gasteiger partial charge is 0.467 e. The zero-order valence-corrected chi connectivity index (χ0v) is 11.4. The molecular formula is C9H17N5O3S. The molecule has 1 aromatic heterocycles. The van der Waals surface area contributed by atoms with Gasteiger partial charge in [0.15, 0.2) is 9.84 Å². The Bertz CT molecular complexity index is 469. The van der Waals surface area contributed by atoms with Crippen LogP contribution in [-0.2, 0) is 9.84 Å². The van der Waals surface area contributed by atoms with Gasteiger partial charge in [0, 0.05) is 19.3 Å². The Hall–Kier alpha value is -1.64. The maximum Gasteiger partial charge on any atom is 0.322 e. The summed E-state index contributed by atoms with van der Waals surface area (Å²) >= 11 is 0. The van der Waals surface area contributed by atoms with Crippen molar-refractivity contribution in [2.45, 2.75) is 6.92 Å². The highest BCUT2D eigenvalue weighted by molar-refractivity contribution is 7.91. The summed E-state index contributed by atoms with van der Waals surface area (Å²) in [6.07, 6.45) is 0. The van der Waals surface area contributed by atoms with Crippen molar-refractivity contribution in [3.05, 3.63) is 0 Å². The van der Waals surface area contributed by atoms with Gasteiger partial charge in [-0.15, -0.1) is 0 Å². The molecule has 0 atom stereocenters. The Balaban J connectivity index is 2.67. The van der Waals surface area contributed by atoms with Crippen LogP contribution in [0.4, 0.5) is 11.9 Å². The van der Waals surface area contributed by atoms with Gasteiger partial charge in [-0.05, 0) is 0 Å². The van der Waals surface area contributed by atoms with Crippen molar-refractivity contribution in [3.63, 3.8) is 0 Å². The van der Waals surface area contributed by atoms with Crippen LogP contribution in [0.5, 0.6) is 6.01 Å². The van der Waals surface area contributed by atoms with E-state index in [1.54, 1.807) is 14.0 Å². The normalized spacial score (nSPS) is 11.1. The minimum absolute atomic E-state index is 0.0341. The van der Waals surface area contributed by atoms with E-state index < -0.39 is 9.84 Å². The smallest absolute Gasteiger partial charge is 0.322 e. The van der Waals surface area contributed by atoms with Gasteiger partial charge in [-0.2, -0.15) is 15.0 Å². The molecule has 0 spiro atoms. The van der Waals surface area contributed by atoms with E-state index >= 15 is 0 Å². The fraction of sp³-hybridized carbons (Fsp3) is 0.667. The van der Waals surface area contributed by atoms with Crippen LogP contribution in [-0.4, -0.2) is 55.6 Å². The van der Waals surface area contributed by atoms with Crippen molar-refractivity contribution in [2.24, 2.45) is 0 Å². The molecule has 2 N–H and O–H groups in total. The van der Waals surface area contributed by atoms with E-state index in [4.69, 9.17) is 4.74 Å². The molecule has 0 aliphatic carbocycles. The summed E-state index contributed by atoms with van der Waals surface area (Å²) in [6.45, 7) is 1.85. The zero-order valence-electron chi connectivity index (χ0n) is 10.6. The Morgan fingerprint density at radius 3 is 2.44 bits per heavy atom. The number of aromatic nitrogens is 3. The molecule has 0 bridgehead atoms. The molecular weight excluding hydrogens is 258 g/mol. The van der Waals surface area contributed by atoms with Crippen molar-refractivity contribution < 1.29 is 13.2 Å². The van der Waals surface area contributed by atoms with E-state index in [1.807, 2.05) is 0 Å². The molecule has 1 rings (SSSR count). The third kappa shape index (κ3) is 4.32. The van der Waals surface area contributed by atoms with E-state index in [0.29, 0.717) is 5.95 Å². The monoisotopic (exact) mass is 275 g/mol. The molecule has 8 nitrogen and oxygen atoms in total. The quantitative estimate of drug-likeness (QED) is 0.702. The number of anilines is 2. The molecule has 0 aromatic carbocycles. The summed E-state index contributed by atoms with van der Waals surface area (Å²) in [5.41, 5.74) is 0. The summed E-state index contributed by atoms with van der Waals surface area (Å²) in [4.78, 5) is 11.9. The number of hydrogen-bond acceptors (Lipinski definition) is 8. The van der Waals surface area contributed by atoms with Gasteiger partial charge in [-0.1, -0.05) is 6.92 Å². The predicted octanol–water partition coefficient (Wildman–Crippen LogP) is -0.231. The van der Waals surface area contributed by atoms with Crippen LogP contribution in [0.2, 0.25) is 0 Å². The molecule has 1 heterocycles. The summed E-state index contributed by atoms with van der Waals surface area (Å²) in [7, 11) is 0.110. The lowest BCUT2D eigenvalue weighted by molar-refractivity contribution is 0.379. The first-order chi connectivity index (χ1) is 8.50. The highest BCUT2D eigenvalue weighted by atomic mass is 32.2. The molecule has 0 saturated carbocycles. The van der Waals surface area contributed by atoms with E-state index in [-0.39, 0.29) is 30.0 Å². The van der Waals surface area contributed by atoms with Crippen molar-refractivity contribution in [1.82, 2.24) is 15.0 Å². The average Bonchev–Trinajstić information content (AvgIpc) is 2.38. The summed E-state index contributed by atoms with van der Waals surface area (Å²) < 4.78 is 27.5. The fourth-order valence-electron chi connectivity index (χ4n) is 1.10. The van der Waals surface area contributed by atoms with E-state index in [0.717, 1.165) is 0 Å². The lowest BCUT2D eigenvalue weighted by Crippen LogP contribution is -2.18. The average molecular weight is 275 g/mol. The zero-order chi connectivity index (χ0) is 13.6. The number of hydrogen-bond donors (Lipinski definition) is 2. The SMILES string of the molecule is CCS(=O)(=O)CCNc1nc(NC)nc(OC)n1. The number of methoxy groups -OCH3 is 1. The standard InChI is InChI=1S/C9H17N5O3S/c1-4-18(15,16)6-5-11-8-12-7(10-2)13-9(14-8)17-3/h4-6H2,1-3H3,(H2,10,11,12,13,14). The van der Waals surface area contributed by atoms with Gasteiger partial charge >= 0.3 is 6.01 Å². The van der Waals surface area contributed by atoms with Gasteiger partial charge in [0.1, 0.15) is 0 Å². The van der Waals surface area contributed by atoms with Crippen LogP contribution in [0.25, 0.3) is 0 Å². The first-order valence-electron chi connectivity index (χ1n) is 5.43. The van der Waals surface area contributed by atoms with E-state index in [1.165, 1.54) is 7.11 Å². The van der Waals surface area contributed by atoms with Crippen LogP contribution in [0.15, 0.2) is 0 Å². The second kappa shape index (κ2) is 6.34. The highest BCUT2D eigenvalue weighted by Crippen LogP contribution is 2.09. The van der Waals surface area contributed by atoms with Gasteiger partial charge in [-0.3, -0.25) is 0 Å². The van der Waals surface area contributed by atoms with Gasteiger partial charge in [0.05, 0.1) is 12.9 Å². The summed E-state index contributed by atoms with van der Waals surface area (Å²) in [5.74, 6) is 0.781. The molecule has 9 heteroatoms. The topological polar surface area (TPSA) is 106 Å². The molecule has 0 radical (unpaired) electrons. The molecule has 0 unspecified atom stereocenters. The highest BCUT2D eigenvalue weighted by Gasteiger charge is 2.09. The lowest BCUT2D eigenvalue weighted by Gasteiger charge is -2.07. The molecule has 1 aromatic rings. The number of rotatable bonds is 7. The maximum atomic E-state index is 11.3. The minimum atomic E-state index is -3.00. The molecule has 0 aliphatic rings.